The zero-order chi connectivity index (χ0) is 26.0. The number of hydrogen-bond acceptors (Lipinski definition) is 3. The Labute approximate surface area is 218 Å². The van der Waals surface area contributed by atoms with Gasteiger partial charge in [0.25, 0.3) is 0 Å². The molecule has 1 rings (SSSR count). The topological polar surface area (TPSA) is 55.4 Å². The number of rotatable bonds is 22. The zero-order valence-corrected chi connectivity index (χ0v) is 24.3. The molecule has 0 saturated carbocycles. The van der Waals surface area contributed by atoms with Crippen LogP contribution >= 0.6 is 0 Å². The molecule has 1 aromatic rings. The lowest BCUT2D eigenvalue weighted by atomic mass is 9.80. The van der Waals surface area contributed by atoms with E-state index in [9.17, 15) is 8.42 Å². The summed E-state index contributed by atoms with van der Waals surface area (Å²) in [5, 5.41) is 0. The van der Waals surface area contributed by atoms with Crippen molar-refractivity contribution in [3.05, 3.63) is 30.2 Å². The highest BCUT2D eigenvalue weighted by atomic mass is 32.2. The zero-order valence-electron chi connectivity index (χ0n) is 23.5. The van der Waals surface area contributed by atoms with Gasteiger partial charge < -0.3 is 4.74 Å². The fourth-order valence-electron chi connectivity index (χ4n) is 4.38. The van der Waals surface area contributed by atoms with Crippen LogP contribution in [0.5, 0.6) is 5.75 Å². The van der Waals surface area contributed by atoms with Crippen LogP contribution in [-0.4, -0.2) is 21.6 Å². The third-order valence-electron chi connectivity index (χ3n) is 6.88. The van der Waals surface area contributed by atoms with Crippen molar-refractivity contribution in [3.8, 4) is 5.75 Å². The maximum Gasteiger partial charge on any atom is 0.244 e. The van der Waals surface area contributed by atoms with Crippen LogP contribution in [0.3, 0.4) is 0 Å². The molecule has 0 aliphatic carbocycles. The summed E-state index contributed by atoms with van der Waals surface area (Å²) in [6, 6.07) is 5.76. The lowest BCUT2D eigenvalue weighted by Crippen LogP contribution is -2.26. The Kier molecular flexibility index (Phi) is 16.6. The van der Waals surface area contributed by atoms with Crippen LogP contribution in [0.1, 0.15) is 136 Å². The molecule has 0 fully saturated rings. The van der Waals surface area contributed by atoms with Crippen LogP contribution in [0.25, 0.3) is 0 Å². The molecule has 203 valence electrons. The molecule has 0 aromatic heterocycles. The summed E-state index contributed by atoms with van der Waals surface area (Å²) in [6.07, 6.45) is 20.0. The van der Waals surface area contributed by atoms with E-state index in [0.29, 0.717) is 18.9 Å². The molecule has 0 saturated heterocycles. The predicted molar refractivity (Wildman–Crippen MR) is 151 cm³/mol. The number of unbranched alkanes of at least 4 members (excludes halogenated alkanes) is 12. The van der Waals surface area contributed by atoms with Crippen molar-refractivity contribution in [2.24, 2.45) is 0 Å². The minimum Gasteiger partial charge on any atom is -0.492 e. The monoisotopic (exact) mass is 508 g/mol. The lowest BCUT2D eigenvalue weighted by molar-refractivity contribution is 0.296. The Morgan fingerprint density at radius 2 is 1.40 bits per heavy atom. The average molecular weight is 509 g/mol. The minimum absolute atomic E-state index is 0.0793. The molecular weight excluding hydrogens is 454 g/mol. The molecule has 0 atom stereocenters. The van der Waals surface area contributed by atoms with E-state index in [1.807, 2.05) is 25.5 Å². The molecule has 0 heterocycles. The summed E-state index contributed by atoms with van der Waals surface area (Å²) < 4.78 is 35.1. The van der Waals surface area contributed by atoms with Crippen LogP contribution < -0.4 is 9.46 Å². The van der Waals surface area contributed by atoms with Crippen LogP contribution in [-0.2, 0) is 15.4 Å². The van der Waals surface area contributed by atoms with Gasteiger partial charge in [-0.2, -0.15) is 0 Å². The molecule has 1 N–H and O–H groups in total. The van der Waals surface area contributed by atoms with Gasteiger partial charge in [0.05, 0.1) is 6.61 Å². The van der Waals surface area contributed by atoms with Crippen LogP contribution in [0, 0.1) is 6.42 Å². The van der Waals surface area contributed by atoms with Crippen molar-refractivity contribution in [1.82, 2.24) is 4.72 Å². The van der Waals surface area contributed by atoms with E-state index >= 15 is 0 Å². The van der Waals surface area contributed by atoms with Gasteiger partial charge >= 0.3 is 0 Å². The number of benzene rings is 1. The molecule has 0 spiro atoms. The van der Waals surface area contributed by atoms with Gasteiger partial charge in [-0.3, -0.25) is 0 Å². The first-order valence-electron chi connectivity index (χ1n) is 14.4. The maximum atomic E-state index is 13.2. The van der Waals surface area contributed by atoms with Gasteiger partial charge in [0.1, 0.15) is 10.6 Å². The van der Waals surface area contributed by atoms with Crippen molar-refractivity contribution >= 4 is 10.0 Å². The quantitative estimate of drug-likeness (QED) is 0.159. The molecule has 35 heavy (non-hydrogen) atoms. The number of nitrogens with one attached hydrogen (secondary N) is 1. The van der Waals surface area contributed by atoms with E-state index in [0.717, 1.165) is 37.7 Å². The van der Waals surface area contributed by atoms with Gasteiger partial charge in [0.15, 0.2) is 0 Å². The van der Waals surface area contributed by atoms with Gasteiger partial charge in [-0.15, -0.1) is 0 Å². The average Bonchev–Trinajstić information content (AvgIpc) is 2.82. The Bertz CT molecular complexity index is 774. The molecule has 1 aromatic carbocycles. The Hall–Kier alpha value is -1.07. The summed E-state index contributed by atoms with van der Waals surface area (Å²) in [5.74, 6) is 0.470. The SMILES string of the molecule is CC[CH]CNS(=O)(=O)c1cc(C(C)(C)CCCCC)ccc1OCCCCCCCCCCCC. The number of hydrogen-bond donors (Lipinski definition) is 1. The van der Waals surface area contributed by atoms with E-state index < -0.39 is 10.0 Å². The van der Waals surface area contributed by atoms with Crippen molar-refractivity contribution in [1.29, 1.82) is 0 Å². The summed E-state index contributed by atoms with van der Waals surface area (Å²) in [7, 11) is -3.64. The molecule has 0 aliphatic heterocycles. The van der Waals surface area contributed by atoms with Crippen LogP contribution in [0.2, 0.25) is 0 Å². The van der Waals surface area contributed by atoms with E-state index in [2.05, 4.69) is 38.5 Å². The summed E-state index contributed by atoms with van der Waals surface area (Å²) in [6.45, 7) is 11.8. The highest BCUT2D eigenvalue weighted by molar-refractivity contribution is 7.89. The van der Waals surface area contributed by atoms with Crippen LogP contribution in [0.15, 0.2) is 23.1 Å². The van der Waals surface area contributed by atoms with E-state index in [1.165, 1.54) is 64.2 Å². The normalized spacial score (nSPS) is 12.3. The second-order valence-electron chi connectivity index (χ2n) is 10.6. The van der Waals surface area contributed by atoms with Gasteiger partial charge in [-0.1, -0.05) is 124 Å². The summed E-state index contributed by atoms with van der Waals surface area (Å²) in [4.78, 5) is 0.273. The smallest absolute Gasteiger partial charge is 0.244 e. The fraction of sp³-hybridized carbons (Fsp3) is 0.767. The Morgan fingerprint density at radius 1 is 0.829 bits per heavy atom. The van der Waals surface area contributed by atoms with Crippen molar-refractivity contribution < 1.29 is 13.2 Å². The van der Waals surface area contributed by atoms with Crippen molar-refractivity contribution in [2.75, 3.05) is 13.2 Å². The Morgan fingerprint density at radius 3 is 2.00 bits per heavy atom. The van der Waals surface area contributed by atoms with Gasteiger partial charge in [0.2, 0.25) is 10.0 Å². The molecule has 0 amide bonds. The van der Waals surface area contributed by atoms with Gasteiger partial charge in [-0.05, 0) is 42.4 Å². The first-order valence-corrected chi connectivity index (χ1v) is 15.9. The fourth-order valence-corrected chi connectivity index (χ4v) is 5.55. The first kappa shape index (κ1) is 32.0. The highest BCUT2D eigenvalue weighted by Gasteiger charge is 2.26. The molecule has 5 heteroatoms. The molecular formula is C30H54NO3S. The van der Waals surface area contributed by atoms with E-state index in [-0.39, 0.29) is 10.3 Å². The van der Waals surface area contributed by atoms with E-state index in [4.69, 9.17) is 4.74 Å². The molecule has 1 radical (unpaired) electrons. The second-order valence-corrected chi connectivity index (χ2v) is 12.3. The maximum absolute atomic E-state index is 13.2. The predicted octanol–water partition coefficient (Wildman–Crippen LogP) is 8.74. The first-order chi connectivity index (χ1) is 16.8. The summed E-state index contributed by atoms with van der Waals surface area (Å²) >= 11 is 0. The second kappa shape index (κ2) is 18.2. The van der Waals surface area contributed by atoms with E-state index in [1.54, 1.807) is 0 Å². The summed E-state index contributed by atoms with van der Waals surface area (Å²) in [5.41, 5.74) is 0.976. The van der Waals surface area contributed by atoms with Gasteiger partial charge in [-0.25, -0.2) is 13.1 Å². The van der Waals surface area contributed by atoms with Crippen molar-refractivity contribution in [3.63, 3.8) is 0 Å². The Balaban J connectivity index is 2.72. The molecule has 0 bridgehead atoms. The standard InChI is InChI=1S/C30H54NO3S/c1-6-9-12-13-14-15-16-17-18-20-25-34-28-22-21-27(30(4,5)23-19-10-7-2)26-29(28)35(32,33)31-24-11-8-3/h11,21-22,26,31H,6-10,12-20,23-25H2,1-5H3. The molecule has 0 aliphatic rings. The third kappa shape index (κ3) is 13.2. The third-order valence-corrected chi connectivity index (χ3v) is 8.33. The van der Waals surface area contributed by atoms with Crippen LogP contribution in [0.4, 0.5) is 0 Å². The largest absolute Gasteiger partial charge is 0.492 e. The number of sulfonamides is 1. The highest BCUT2D eigenvalue weighted by Crippen LogP contribution is 2.34. The lowest BCUT2D eigenvalue weighted by Gasteiger charge is -2.26. The molecule has 4 nitrogen and oxygen atoms in total. The number of ether oxygens (including phenoxy) is 1. The minimum atomic E-state index is -3.64. The van der Waals surface area contributed by atoms with Crippen molar-refractivity contribution in [2.45, 2.75) is 141 Å². The molecule has 0 unspecified atom stereocenters. The van der Waals surface area contributed by atoms with Gasteiger partial charge in [0, 0.05) is 6.54 Å².